The quantitative estimate of drug-likeness (QED) is 0.163. The number of fused-ring (bicyclic) bond motifs is 1. The molecule has 0 bridgehead atoms. The van der Waals surface area contributed by atoms with Gasteiger partial charge < -0.3 is 18.9 Å². The molecule has 0 radical (unpaired) electrons. The lowest BCUT2D eigenvalue weighted by Crippen LogP contribution is -2.27. The molecule has 0 saturated carbocycles. The summed E-state index contributed by atoms with van der Waals surface area (Å²) in [6, 6.07) is 29.9. The Labute approximate surface area is 232 Å². The number of rotatable bonds is 14. The summed E-state index contributed by atoms with van der Waals surface area (Å²) in [7, 11) is 0. The van der Waals surface area contributed by atoms with E-state index >= 15 is 0 Å². The van der Waals surface area contributed by atoms with E-state index in [4.69, 9.17) is 30.5 Å². The molecule has 5 rings (SSSR count). The van der Waals surface area contributed by atoms with Crippen LogP contribution < -0.4 is 4.74 Å². The van der Waals surface area contributed by atoms with Crippen LogP contribution >= 0.6 is 11.6 Å². The van der Waals surface area contributed by atoms with Crippen LogP contribution in [0.4, 0.5) is 0 Å². The number of imidazole rings is 1. The van der Waals surface area contributed by atoms with Gasteiger partial charge in [-0.1, -0.05) is 91.0 Å². The number of hydrogen-bond donors (Lipinski definition) is 0. The van der Waals surface area contributed by atoms with Crippen molar-refractivity contribution in [1.29, 1.82) is 0 Å². The van der Waals surface area contributed by atoms with E-state index in [1.54, 1.807) is 10.9 Å². The van der Waals surface area contributed by atoms with E-state index in [2.05, 4.69) is 15.0 Å². The Morgan fingerprint density at radius 3 is 1.79 bits per heavy atom. The lowest BCUT2D eigenvalue weighted by Gasteiger charge is -2.19. The highest BCUT2D eigenvalue weighted by Gasteiger charge is 2.17. The van der Waals surface area contributed by atoms with Gasteiger partial charge >= 0.3 is 0 Å². The van der Waals surface area contributed by atoms with Crippen molar-refractivity contribution in [1.82, 2.24) is 19.5 Å². The summed E-state index contributed by atoms with van der Waals surface area (Å²) in [5, 5.41) is 0.0706. The summed E-state index contributed by atoms with van der Waals surface area (Å²) in [6.07, 6.45) is 1.32. The van der Waals surface area contributed by atoms with Gasteiger partial charge in [-0.05, 0) is 28.3 Å². The topological polar surface area (TPSA) is 80.5 Å². The van der Waals surface area contributed by atoms with Crippen molar-refractivity contribution in [2.45, 2.75) is 32.7 Å². The maximum Gasteiger partial charge on any atom is 0.247 e. The van der Waals surface area contributed by atoms with Crippen molar-refractivity contribution in [3.05, 3.63) is 119 Å². The zero-order chi connectivity index (χ0) is 26.7. The molecule has 8 nitrogen and oxygen atoms in total. The van der Waals surface area contributed by atoms with Gasteiger partial charge in [-0.25, -0.2) is 4.98 Å². The van der Waals surface area contributed by atoms with Crippen molar-refractivity contribution < 1.29 is 18.9 Å². The Hall–Kier alpha value is -3.82. The first-order valence-electron chi connectivity index (χ1n) is 12.6. The molecule has 0 unspecified atom stereocenters. The molecule has 0 aliphatic rings. The Kier molecular flexibility index (Phi) is 9.49. The molecule has 0 atom stereocenters. The monoisotopic (exact) mass is 544 g/mol. The molecule has 0 N–H and O–H groups in total. The van der Waals surface area contributed by atoms with Crippen LogP contribution in [0.1, 0.15) is 16.7 Å². The minimum atomic E-state index is -0.319. The Bertz CT molecular complexity index is 1390. The molecular formula is C30H29ClN4O4. The lowest BCUT2D eigenvalue weighted by atomic mass is 10.2. The number of nitrogens with zero attached hydrogens (tertiary/aromatic N) is 4. The van der Waals surface area contributed by atoms with Crippen LogP contribution in [0.2, 0.25) is 5.28 Å². The fourth-order valence-electron chi connectivity index (χ4n) is 3.91. The molecule has 0 aliphatic carbocycles. The number of benzene rings is 3. The molecule has 2 aromatic heterocycles. The number of hydrogen-bond acceptors (Lipinski definition) is 7. The van der Waals surface area contributed by atoms with E-state index in [9.17, 15) is 0 Å². The van der Waals surface area contributed by atoms with Gasteiger partial charge in [0.15, 0.2) is 11.2 Å². The van der Waals surface area contributed by atoms with Crippen LogP contribution in [0.3, 0.4) is 0 Å². The van der Waals surface area contributed by atoms with Crippen molar-refractivity contribution in [2.24, 2.45) is 0 Å². The van der Waals surface area contributed by atoms with Gasteiger partial charge in [-0.2, -0.15) is 9.97 Å². The molecule has 39 heavy (non-hydrogen) atoms. The van der Waals surface area contributed by atoms with E-state index in [-0.39, 0.29) is 18.1 Å². The summed E-state index contributed by atoms with van der Waals surface area (Å²) in [5.41, 5.74) is 4.23. The molecule has 200 valence electrons. The summed E-state index contributed by atoms with van der Waals surface area (Å²) in [4.78, 5) is 13.1. The average molecular weight is 545 g/mol. The van der Waals surface area contributed by atoms with E-state index < -0.39 is 0 Å². The fourth-order valence-corrected chi connectivity index (χ4v) is 4.07. The minimum absolute atomic E-state index is 0.0706. The lowest BCUT2D eigenvalue weighted by molar-refractivity contribution is -0.0866. The molecule has 0 saturated heterocycles. The van der Waals surface area contributed by atoms with Gasteiger partial charge in [0.1, 0.15) is 19.4 Å². The van der Waals surface area contributed by atoms with Gasteiger partial charge in [0.2, 0.25) is 11.2 Å². The Balaban J connectivity index is 1.23. The second-order valence-electron chi connectivity index (χ2n) is 8.88. The summed E-state index contributed by atoms with van der Waals surface area (Å²) < 4.78 is 25.8. The van der Waals surface area contributed by atoms with Gasteiger partial charge in [-0.3, -0.25) is 4.57 Å². The molecule has 0 spiro atoms. The highest BCUT2D eigenvalue weighted by atomic mass is 35.5. The zero-order valence-electron chi connectivity index (χ0n) is 21.4. The Morgan fingerprint density at radius 2 is 1.23 bits per heavy atom. The summed E-state index contributed by atoms with van der Waals surface area (Å²) in [6.45, 7) is 2.20. The standard InChI is InChI=1S/C30H29ClN4O4/c31-30-33-28-27(29(34-30)38-18-25-14-8-3-9-15-25)32-21-35(28)22-39-26(19-36-16-23-10-4-1-5-11-23)20-37-17-24-12-6-2-7-13-24/h1-15,21,26H,16-20,22H2. The van der Waals surface area contributed by atoms with Crippen LogP contribution in [0.25, 0.3) is 11.2 Å². The smallest absolute Gasteiger partial charge is 0.247 e. The average Bonchev–Trinajstić information content (AvgIpc) is 3.38. The van der Waals surface area contributed by atoms with Crippen LogP contribution in [0.15, 0.2) is 97.3 Å². The second kappa shape index (κ2) is 13.8. The Morgan fingerprint density at radius 1 is 0.692 bits per heavy atom. The number of halogens is 1. The first-order valence-corrected chi connectivity index (χ1v) is 13.0. The third kappa shape index (κ3) is 7.84. The first kappa shape index (κ1) is 26.8. The van der Waals surface area contributed by atoms with Crippen molar-refractivity contribution >= 4 is 22.8 Å². The molecule has 0 fully saturated rings. The van der Waals surface area contributed by atoms with Crippen LogP contribution in [-0.4, -0.2) is 38.8 Å². The number of aromatic nitrogens is 4. The highest BCUT2D eigenvalue weighted by Crippen LogP contribution is 2.24. The summed E-state index contributed by atoms with van der Waals surface area (Å²) in [5.74, 6) is 0.321. The molecular weight excluding hydrogens is 516 g/mol. The normalized spacial score (nSPS) is 11.3. The van der Waals surface area contributed by atoms with Gasteiger partial charge in [-0.15, -0.1) is 0 Å². The van der Waals surface area contributed by atoms with Crippen molar-refractivity contribution in [2.75, 3.05) is 13.2 Å². The highest BCUT2D eigenvalue weighted by molar-refractivity contribution is 6.28. The van der Waals surface area contributed by atoms with Gasteiger partial charge in [0.05, 0.1) is 32.8 Å². The largest absolute Gasteiger partial charge is 0.471 e. The van der Waals surface area contributed by atoms with Gasteiger partial charge in [0.25, 0.3) is 0 Å². The molecule has 2 heterocycles. The molecule has 9 heteroatoms. The van der Waals surface area contributed by atoms with E-state index in [1.165, 1.54) is 0 Å². The first-order chi connectivity index (χ1) is 19.2. The molecule has 0 aliphatic heterocycles. The van der Waals surface area contributed by atoms with Crippen LogP contribution in [0.5, 0.6) is 5.88 Å². The second-order valence-corrected chi connectivity index (χ2v) is 9.22. The molecule has 0 amide bonds. The van der Waals surface area contributed by atoms with Crippen LogP contribution in [0, 0.1) is 0 Å². The predicted octanol–water partition coefficient (Wildman–Crippen LogP) is 5.84. The van der Waals surface area contributed by atoms with Crippen molar-refractivity contribution in [3.8, 4) is 5.88 Å². The zero-order valence-corrected chi connectivity index (χ0v) is 22.1. The summed E-state index contributed by atoms with van der Waals surface area (Å²) >= 11 is 6.23. The number of ether oxygens (including phenoxy) is 4. The molecule has 3 aromatic carbocycles. The maximum atomic E-state index is 6.23. The minimum Gasteiger partial charge on any atom is -0.471 e. The van der Waals surface area contributed by atoms with E-state index in [0.717, 1.165) is 16.7 Å². The third-order valence-electron chi connectivity index (χ3n) is 5.90. The van der Waals surface area contributed by atoms with Crippen LogP contribution in [-0.2, 0) is 40.8 Å². The van der Waals surface area contributed by atoms with Crippen molar-refractivity contribution in [3.63, 3.8) is 0 Å². The predicted molar refractivity (Wildman–Crippen MR) is 148 cm³/mol. The van der Waals surface area contributed by atoms with E-state index in [1.807, 2.05) is 91.0 Å². The third-order valence-corrected chi connectivity index (χ3v) is 6.07. The van der Waals surface area contributed by atoms with E-state index in [0.29, 0.717) is 50.1 Å². The maximum absolute atomic E-state index is 6.23. The molecule has 5 aromatic rings. The SMILES string of the molecule is Clc1nc(OCc2ccccc2)c2ncn(COC(COCc3ccccc3)COCc3ccccc3)c2n1. The van der Waals surface area contributed by atoms with Gasteiger partial charge in [0, 0.05) is 0 Å². The fraction of sp³-hybridized carbons (Fsp3) is 0.233.